The average Bonchev–Trinajstić information content (AvgIpc) is 3.30. The van der Waals surface area contributed by atoms with E-state index >= 15 is 0 Å². The molecule has 3 aromatic carbocycles. The fourth-order valence-corrected chi connectivity index (χ4v) is 8.39. The van der Waals surface area contributed by atoms with Crippen LogP contribution in [0.1, 0.15) is 75.3 Å². The van der Waals surface area contributed by atoms with E-state index in [-0.39, 0.29) is 10.8 Å². The first kappa shape index (κ1) is 30.0. The van der Waals surface area contributed by atoms with Crippen LogP contribution in [0.2, 0.25) is 0 Å². The molecule has 0 radical (unpaired) electrons. The lowest BCUT2D eigenvalue weighted by molar-refractivity contribution is 0.347. The summed E-state index contributed by atoms with van der Waals surface area (Å²) in [4.78, 5) is 2.45. The lowest BCUT2D eigenvalue weighted by atomic mass is 9.64. The van der Waals surface area contributed by atoms with Gasteiger partial charge in [-0.25, -0.2) is 0 Å². The predicted molar refractivity (Wildman–Crippen MR) is 192 cm³/mol. The normalized spacial score (nSPS) is 20.6. The highest BCUT2D eigenvalue weighted by atomic mass is 15.2. The van der Waals surface area contributed by atoms with Gasteiger partial charge in [-0.3, -0.25) is 0 Å². The van der Waals surface area contributed by atoms with Gasteiger partial charge in [-0.15, -0.1) is 0 Å². The summed E-state index contributed by atoms with van der Waals surface area (Å²) in [6, 6.07) is 22.3. The molecule has 2 fully saturated rings. The van der Waals surface area contributed by atoms with Crippen LogP contribution in [0.15, 0.2) is 133 Å². The van der Waals surface area contributed by atoms with Crippen LogP contribution in [-0.4, -0.2) is 14.1 Å². The van der Waals surface area contributed by atoms with Gasteiger partial charge in [-0.05, 0) is 71.4 Å². The Labute approximate surface area is 265 Å². The number of allylic oxidation sites excluding steroid dienone is 11. The highest BCUT2D eigenvalue weighted by Gasteiger charge is 2.47. The van der Waals surface area contributed by atoms with E-state index in [4.69, 9.17) is 0 Å². The van der Waals surface area contributed by atoms with Gasteiger partial charge in [0.05, 0.1) is 0 Å². The molecule has 1 aliphatic heterocycles. The minimum absolute atomic E-state index is 0.0172. The molecule has 44 heavy (non-hydrogen) atoms. The van der Waals surface area contributed by atoms with Crippen LogP contribution < -0.4 is 10.2 Å². The summed E-state index contributed by atoms with van der Waals surface area (Å²) < 4.78 is 0. The summed E-state index contributed by atoms with van der Waals surface area (Å²) in [5.74, 6) is 0. The number of likely N-dealkylation sites (N-methyl/N-ethyl adjacent to an activating group) is 1. The van der Waals surface area contributed by atoms with Crippen LogP contribution in [0.3, 0.4) is 0 Å². The summed E-state index contributed by atoms with van der Waals surface area (Å²) in [6.07, 6.45) is 32.2. The zero-order valence-electron chi connectivity index (χ0n) is 26.7. The Morgan fingerprint density at radius 3 is 2.11 bits per heavy atom. The number of para-hydroxylation sites is 1. The third-order valence-corrected chi connectivity index (χ3v) is 10.6. The number of rotatable bonds is 8. The van der Waals surface area contributed by atoms with Crippen LogP contribution >= 0.6 is 0 Å². The van der Waals surface area contributed by atoms with Gasteiger partial charge in [0.1, 0.15) is 0 Å². The van der Waals surface area contributed by atoms with E-state index in [1.807, 2.05) is 7.05 Å². The van der Waals surface area contributed by atoms with Gasteiger partial charge in [-0.1, -0.05) is 142 Å². The molecule has 1 N–H and O–H groups in total. The van der Waals surface area contributed by atoms with Crippen LogP contribution in [0.4, 0.5) is 11.4 Å². The number of benzene rings is 3. The van der Waals surface area contributed by atoms with Crippen molar-refractivity contribution in [2.24, 2.45) is 0 Å². The van der Waals surface area contributed by atoms with Crippen LogP contribution in [-0.2, 0) is 10.8 Å². The molecule has 2 aliphatic carbocycles. The lowest BCUT2D eigenvalue weighted by Gasteiger charge is -2.40. The summed E-state index contributed by atoms with van der Waals surface area (Å²) in [6.45, 7) is 4.58. The average molecular weight is 581 g/mol. The smallest absolute Gasteiger partial charge is 0.0454 e. The van der Waals surface area contributed by atoms with Crippen molar-refractivity contribution >= 4 is 22.1 Å². The summed E-state index contributed by atoms with van der Waals surface area (Å²) in [5, 5.41) is 6.20. The van der Waals surface area contributed by atoms with Crippen molar-refractivity contribution in [3.63, 3.8) is 0 Å². The maximum Gasteiger partial charge on any atom is 0.0454 e. The van der Waals surface area contributed by atoms with Crippen molar-refractivity contribution in [2.75, 3.05) is 24.3 Å². The fourth-order valence-electron chi connectivity index (χ4n) is 8.39. The van der Waals surface area contributed by atoms with E-state index in [9.17, 15) is 0 Å². The summed E-state index contributed by atoms with van der Waals surface area (Å²) in [5.41, 5.74) is 8.33. The summed E-state index contributed by atoms with van der Waals surface area (Å²) >= 11 is 0. The third-order valence-electron chi connectivity index (χ3n) is 10.6. The molecule has 0 amide bonds. The first-order valence-electron chi connectivity index (χ1n) is 16.7. The second kappa shape index (κ2) is 13.3. The van der Waals surface area contributed by atoms with E-state index in [0.717, 1.165) is 12.8 Å². The predicted octanol–water partition coefficient (Wildman–Crippen LogP) is 11.1. The molecule has 2 heteroatoms. The molecular formula is C42H48N2. The molecule has 0 aromatic heterocycles. The van der Waals surface area contributed by atoms with Crippen molar-refractivity contribution in [1.29, 1.82) is 0 Å². The van der Waals surface area contributed by atoms with Crippen LogP contribution in [0.25, 0.3) is 10.8 Å². The van der Waals surface area contributed by atoms with E-state index in [0.29, 0.717) is 0 Å². The Morgan fingerprint density at radius 2 is 1.36 bits per heavy atom. The minimum Gasteiger partial charge on any atom is -0.388 e. The highest BCUT2D eigenvalue weighted by molar-refractivity contribution is 5.95. The van der Waals surface area contributed by atoms with Crippen molar-refractivity contribution in [3.05, 3.63) is 144 Å². The fraction of sp³-hybridized carbons (Fsp3) is 0.333. The zero-order chi connectivity index (χ0) is 30.4. The maximum atomic E-state index is 4.58. The number of anilines is 2. The molecule has 226 valence electrons. The molecular weight excluding hydrogens is 532 g/mol. The molecule has 0 bridgehead atoms. The molecule has 2 saturated carbocycles. The number of fused-ring (bicyclic) bond motifs is 4. The van der Waals surface area contributed by atoms with Gasteiger partial charge in [0.15, 0.2) is 0 Å². The molecule has 6 rings (SSSR count). The lowest BCUT2D eigenvalue weighted by Crippen LogP contribution is -2.32. The minimum atomic E-state index is 0.0172. The van der Waals surface area contributed by atoms with E-state index in [1.54, 1.807) is 5.56 Å². The Morgan fingerprint density at radius 1 is 0.727 bits per heavy atom. The topological polar surface area (TPSA) is 15.3 Å². The van der Waals surface area contributed by atoms with Crippen molar-refractivity contribution in [2.45, 2.75) is 75.0 Å². The van der Waals surface area contributed by atoms with Gasteiger partial charge >= 0.3 is 0 Å². The molecule has 0 unspecified atom stereocenters. The molecule has 1 spiro atoms. The van der Waals surface area contributed by atoms with E-state index in [2.05, 4.69) is 139 Å². The van der Waals surface area contributed by atoms with Crippen molar-refractivity contribution < 1.29 is 0 Å². The second-order valence-corrected chi connectivity index (χ2v) is 12.9. The Balaban J connectivity index is 1.15. The maximum absolute atomic E-state index is 4.58. The molecule has 3 aromatic rings. The number of nitrogens with zero attached hydrogens (tertiary/aromatic N) is 1. The quantitative estimate of drug-likeness (QED) is 0.267. The van der Waals surface area contributed by atoms with Crippen molar-refractivity contribution in [1.82, 2.24) is 0 Å². The van der Waals surface area contributed by atoms with Gasteiger partial charge in [-0.2, -0.15) is 0 Å². The SMILES string of the molecule is C=C(/C=C/C=C/C=C/C=C/C=C1/N(C)c2ccc3ccccc3c2C12CCCCC2)C1(c2ccccc2NC)CCCCC1. The Hall–Kier alpha value is -4.04. The molecule has 0 saturated heterocycles. The Kier molecular flexibility index (Phi) is 9.07. The van der Waals surface area contributed by atoms with E-state index in [1.165, 1.54) is 90.3 Å². The van der Waals surface area contributed by atoms with Gasteiger partial charge < -0.3 is 10.2 Å². The molecule has 1 heterocycles. The third kappa shape index (κ3) is 5.52. The number of hydrogen-bond donors (Lipinski definition) is 1. The molecule has 0 atom stereocenters. The zero-order valence-corrected chi connectivity index (χ0v) is 26.7. The van der Waals surface area contributed by atoms with Gasteiger partial charge in [0.25, 0.3) is 0 Å². The monoisotopic (exact) mass is 580 g/mol. The largest absolute Gasteiger partial charge is 0.388 e. The highest BCUT2D eigenvalue weighted by Crippen LogP contribution is 2.57. The van der Waals surface area contributed by atoms with Crippen LogP contribution in [0.5, 0.6) is 0 Å². The first-order chi connectivity index (χ1) is 21.6. The first-order valence-corrected chi connectivity index (χ1v) is 16.7. The van der Waals surface area contributed by atoms with Crippen LogP contribution in [0, 0.1) is 0 Å². The standard InChI is InChI=1S/C42H48N2/c1-33(41(29-17-9-18-30-41)36-24-15-16-25-37(36)43-2)21-11-7-5-4-6-8-12-26-39-42(31-19-10-20-32-42)40-35-23-14-13-22-34(35)27-28-38(40)44(39)3/h4-8,11-16,21-28,43H,1,9-10,17-20,29-32H2,2-3H3/b6-4+,7-5+,12-8+,21-11+,39-26+. The van der Waals surface area contributed by atoms with Gasteiger partial charge in [0.2, 0.25) is 0 Å². The van der Waals surface area contributed by atoms with Crippen molar-refractivity contribution in [3.8, 4) is 0 Å². The van der Waals surface area contributed by atoms with Gasteiger partial charge in [0, 0.05) is 42.0 Å². The Bertz CT molecular complexity index is 1630. The number of hydrogen-bond acceptors (Lipinski definition) is 2. The molecule has 2 nitrogen and oxygen atoms in total. The second-order valence-electron chi connectivity index (χ2n) is 12.9. The molecule has 3 aliphatic rings. The number of nitrogens with one attached hydrogen (secondary N) is 1. The summed E-state index contributed by atoms with van der Waals surface area (Å²) in [7, 11) is 4.28. The van der Waals surface area contributed by atoms with E-state index < -0.39 is 0 Å².